The van der Waals surface area contributed by atoms with E-state index in [4.69, 9.17) is 23.2 Å². The summed E-state index contributed by atoms with van der Waals surface area (Å²) in [6, 6.07) is 22.9. The Hall–Kier alpha value is -5.76. The van der Waals surface area contributed by atoms with Gasteiger partial charge >= 0.3 is 11.9 Å². The second kappa shape index (κ2) is 18.8. The number of benzene rings is 4. The lowest BCUT2D eigenvalue weighted by Gasteiger charge is -2.54. The number of fused-ring (bicyclic) bond motifs is 1. The van der Waals surface area contributed by atoms with Gasteiger partial charge in [0.25, 0.3) is 0 Å². The van der Waals surface area contributed by atoms with E-state index in [0.29, 0.717) is 21.2 Å². The van der Waals surface area contributed by atoms with E-state index in [2.05, 4.69) is 0 Å². The number of amides is 4. The fraction of sp³-hybridized carbons (Fsp3) is 0.347. The molecule has 2 saturated heterocycles. The van der Waals surface area contributed by atoms with Crippen LogP contribution >= 0.6 is 34.5 Å². The number of hydrogen-bond acceptors (Lipinski definition) is 7. The Kier molecular flexibility index (Phi) is 13.6. The van der Waals surface area contributed by atoms with Crippen molar-refractivity contribution in [2.75, 3.05) is 13.1 Å². The van der Waals surface area contributed by atoms with Crippen molar-refractivity contribution in [2.45, 2.75) is 96.1 Å². The molecule has 334 valence electrons. The largest absolute Gasteiger partial charge is 0.481 e. The van der Waals surface area contributed by atoms with Gasteiger partial charge in [-0.05, 0) is 104 Å². The van der Waals surface area contributed by atoms with E-state index in [1.54, 1.807) is 62.4 Å². The highest BCUT2D eigenvalue weighted by Gasteiger charge is 2.57. The van der Waals surface area contributed by atoms with E-state index < -0.39 is 53.3 Å². The molecular weight excluding hydrogens is 876 g/mol. The Bertz CT molecular complexity index is 2620. The Labute approximate surface area is 386 Å². The Morgan fingerprint density at radius 3 is 1.86 bits per heavy atom. The van der Waals surface area contributed by atoms with Gasteiger partial charge in [-0.1, -0.05) is 95.0 Å². The summed E-state index contributed by atoms with van der Waals surface area (Å²) in [4.78, 5) is 91.0. The summed E-state index contributed by atoms with van der Waals surface area (Å²) in [5.41, 5.74) is 1.47. The van der Waals surface area contributed by atoms with Crippen molar-refractivity contribution in [2.24, 2.45) is 0 Å². The number of carboxylic acid groups (broad SMARTS) is 2. The van der Waals surface area contributed by atoms with Gasteiger partial charge in [0.1, 0.15) is 11.1 Å². The minimum absolute atomic E-state index is 0.00579. The molecule has 0 radical (unpaired) electrons. The normalized spacial score (nSPS) is 19.0. The van der Waals surface area contributed by atoms with E-state index in [9.17, 15) is 29.4 Å². The molecule has 2 N–H and O–H groups in total. The van der Waals surface area contributed by atoms with Crippen molar-refractivity contribution in [3.05, 3.63) is 140 Å². The molecule has 0 saturated carbocycles. The predicted octanol–water partition coefficient (Wildman–Crippen LogP) is 7.95. The van der Waals surface area contributed by atoms with Crippen LogP contribution in [0.5, 0.6) is 0 Å². The van der Waals surface area contributed by atoms with E-state index in [-0.39, 0.29) is 63.7 Å². The van der Waals surface area contributed by atoms with Gasteiger partial charge in [-0.15, -0.1) is 11.3 Å². The van der Waals surface area contributed by atoms with Gasteiger partial charge in [-0.2, -0.15) is 0 Å². The van der Waals surface area contributed by atoms with Gasteiger partial charge in [-0.25, -0.2) is 4.79 Å². The summed E-state index contributed by atoms with van der Waals surface area (Å²) in [5.74, 6) is -5.04. The number of hydrogen-bond donors (Lipinski definition) is 2. The summed E-state index contributed by atoms with van der Waals surface area (Å²) in [7, 11) is 0. The smallest absolute Gasteiger partial charge is 0.328 e. The maximum atomic E-state index is 15.3. The summed E-state index contributed by atoms with van der Waals surface area (Å²) in [6.07, 6.45) is -0.443. The van der Waals surface area contributed by atoms with Gasteiger partial charge in [0, 0.05) is 40.9 Å². The molecule has 0 aliphatic carbocycles. The molecule has 2 fully saturated rings. The number of rotatable bonds is 16. The molecule has 4 unspecified atom stereocenters. The first-order valence-electron chi connectivity index (χ1n) is 21.1. The molecular formula is C49H50Cl2N4O8S. The average molecular weight is 926 g/mol. The third-order valence-corrected chi connectivity index (χ3v) is 14.2. The van der Waals surface area contributed by atoms with Gasteiger partial charge < -0.3 is 29.8 Å². The van der Waals surface area contributed by atoms with Crippen molar-refractivity contribution in [3.8, 4) is 0 Å². The van der Waals surface area contributed by atoms with Crippen LogP contribution in [-0.4, -0.2) is 102 Å². The third kappa shape index (κ3) is 9.52. The number of carbonyl (C=O) groups excluding carboxylic acids is 4. The molecule has 15 heteroatoms. The number of likely N-dealkylation sites (tertiary alicyclic amines) is 2. The van der Waals surface area contributed by atoms with Crippen LogP contribution in [0.4, 0.5) is 0 Å². The van der Waals surface area contributed by atoms with Gasteiger partial charge in [0.15, 0.2) is 6.04 Å². The molecule has 7 rings (SSSR count). The minimum atomic E-state index is -1.96. The van der Waals surface area contributed by atoms with E-state index >= 15 is 9.59 Å². The van der Waals surface area contributed by atoms with Crippen LogP contribution in [-0.2, 0) is 54.7 Å². The van der Waals surface area contributed by atoms with Crippen LogP contribution in [0.3, 0.4) is 0 Å². The molecule has 64 heavy (non-hydrogen) atoms. The molecule has 2 aliphatic heterocycles. The number of thiophene rings is 1. The van der Waals surface area contributed by atoms with Crippen LogP contribution in [0.25, 0.3) is 10.1 Å². The molecule has 4 atom stereocenters. The highest BCUT2D eigenvalue weighted by Crippen LogP contribution is 2.39. The lowest BCUT2D eigenvalue weighted by molar-refractivity contribution is -0.176. The Morgan fingerprint density at radius 1 is 0.688 bits per heavy atom. The number of aliphatic carboxylic acids is 2. The maximum Gasteiger partial charge on any atom is 0.328 e. The predicted molar refractivity (Wildman–Crippen MR) is 246 cm³/mol. The van der Waals surface area contributed by atoms with Gasteiger partial charge in [-0.3, -0.25) is 24.0 Å². The monoisotopic (exact) mass is 924 g/mol. The lowest BCUT2D eigenvalue weighted by Crippen LogP contribution is -2.72. The topological polar surface area (TPSA) is 156 Å². The second-order valence-electron chi connectivity index (χ2n) is 17.3. The van der Waals surface area contributed by atoms with Gasteiger partial charge in [0.2, 0.25) is 23.6 Å². The second-order valence-corrected chi connectivity index (χ2v) is 19.1. The zero-order valence-corrected chi connectivity index (χ0v) is 38.4. The standard InChI is InChI=1S/C49H50Cl2N4O8S/c1-30-20-31(2)22-34(21-30)24-41(56)54-18-16-48(54,3)46(62)52(27-32-12-14-36(50)15-13-32)39(26-43(58)59)44(45(60)61)53(28-33-8-7-9-37(51)23-33)47(63)49(4)17-19-55(49)42(57)25-35-29-64-40-11-6-5-10-38(35)40/h5-15,20-23,29,39,44H,16-19,24-28H2,1-4H3,(H,58,59)(H,60,61). The van der Waals surface area contributed by atoms with Crippen LogP contribution < -0.4 is 0 Å². The van der Waals surface area contributed by atoms with Crippen LogP contribution in [0, 0.1) is 13.8 Å². The summed E-state index contributed by atoms with van der Waals surface area (Å²) in [6.45, 7) is 6.91. The van der Waals surface area contributed by atoms with Crippen molar-refractivity contribution >= 4 is 80.2 Å². The van der Waals surface area contributed by atoms with Crippen molar-refractivity contribution in [3.63, 3.8) is 0 Å². The summed E-state index contributed by atoms with van der Waals surface area (Å²) >= 11 is 14.2. The molecule has 4 amide bonds. The van der Waals surface area contributed by atoms with E-state index in [1.807, 2.05) is 61.7 Å². The zero-order chi connectivity index (χ0) is 46.1. The Balaban J connectivity index is 1.28. The molecule has 0 bridgehead atoms. The fourth-order valence-electron chi connectivity index (χ4n) is 9.18. The van der Waals surface area contributed by atoms with Gasteiger partial charge in [0.05, 0.1) is 25.3 Å². The molecule has 3 heterocycles. The summed E-state index contributed by atoms with van der Waals surface area (Å²) < 4.78 is 1.01. The first-order valence-corrected chi connectivity index (χ1v) is 22.7. The third-order valence-electron chi connectivity index (χ3n) is 12.7. The van der Waals surface area contributed by atoms with E-state index in [0.717, 1.165) is 37.2 Å². The van der Waals surface area contributed by atoms with Crippen LogP contribution in [0.15, 0.2) is 96.4 Å². The maximum absolute atomic E-state index is 15.3. The number of carbonyl (C=O) groups is 6. The molecule has 0 spiro atoms. The number of carboxylic acids is 2. The number of halogens is 2. The quantitative estimate of drug-likeness (QED) is 0.101. The van der Waals surface area contributed by atoms with Crippen LogP contribution in [0.2, 0.25) is 10.0 Å². The van der Waals surface area contributed by atoms with Crippen molar-refractivity contribution < 1.29 is 39.0 Å². The number of aryl methyl sites for hydroxylation is 2. The number of nitrogens with zero attached hydrogens (tertiary/aromatic N) is 4. The minimum Gasteiger partial charge on any atom is -0.481 e. The van der Waals surface area contributed by atoms with E-state index in [1.165, 1.54) is 26.0 Å². The molecule has 1 aromatic heterocycles. The molecule has 5 aromatic rings. The fourth-order valence-corrected chi connectivity index (χ4v) is 10.5. The molecule has 12 nitrogen and oxygen atoms in total. The molecule has 4 aromatic carbocycles. The lowest BCUT2D eigenvalue weighted by atomic mass is 9.82. The summed E-state index contributed by atoms with van der Waals surface area (Å²) in [5, 5.41) is 25.5. The molecule has 2 aliphatic rings. The Morgan fingerprint density at radius 2 is 1.28 bits per heavy atom. The van der Waals surface area contributed by atoms with Crippen LogP contribution in [0.1, 0.15) is 66.5 Å². The average Bonchev–Trinajstić information content (AvgIpc) is 3.62. The van der Waals surface area contributed by atoms with Crippen molar-refractivity contribution in [1.82, 2.24) is 19.6 Å². The SMILES string of the molecule is Cc1cc(C)cc(CC(=O)N2CCC2(C)C(=O)N(Cc2ccc(Cl)cc2)C(CC(=O)O)C(C(=O)O)N(Cc2cccc(Cl)c2)C(=O)C2(C)CCN2C(=O)Cc2csc3ccccc23)c1. The highest BCUT2D eigenvalue weighted by atomic mass is 35.5. The first kappa shape index (κ1) is 46.2. The highest BCUT2D eigenvalue weighted by molar-refractivity contribution is 7.17. The first-order chi connectivity index (χ1) is 30.4. The zero-order valence-electron chi connectivity index (χ0n) is 36.1. The van der Waals surface area contributed by atoms with Crippen molar-refractivity contribution in [1.29, 1.82) is 0 Å².